The van der Waals surface area contributed by atoms with E-state index in [1.807, 2.05) is 6.92 Å². The van der Waals surface area contributed by atoms with E-state index < -0.39 is 23.5 Å². The summed E-state index contributed by atoms with van der Waals surface area (Å²) in [7, 11) is 1.53. The second-order valence-corrected chi connectivity index (χ2v) is 6.63. The summed E-state index contributed by atoms with van der Waals surface area (Å²) in [6.07, 6.45) is 1.53. The Bertz CT molecular complexity index is 920. The van der Waals surface area contributed by atoms with Crippen LogP contribution in [0.4, 0.5) is 4.39 Å². The summed E-state index contributed by atoms with van der Waals surface area (Å²) in [4.78, 5) is 26.8. The van der Waals surface area contributed by atoms with Crippen LogP contribution < -0.4 is 4.74 Å². The van der Waals surface area contributed by atoms with Crippen molar-refractivity contribution in [2.75, 3.05) is 13.7 Å². The van der Waals surface area contributed by atoms with E-state index in [0.717, 1.165) is 6.42 Å². The maximum Gasteiger partial charge on any atom is 0.295 e. The number of hydrogen-bond acceptors (Lipinski definition) is 4. The number of unbranched alkanes of at least 4 members (excludes halogenated alkanes) is 1. The zero-order valence-corrected chi connectivity index (χ0v) is 15.8. The number of nitrogens with zero attached hydrogens (tertiary/aromatic N) is 1. The summed E-state index contributed by atoms with van der Waals surface area (Å²) in [5, 5.41) is 10.9. The predicted octanol–water partition coefficient (Wildman–Crippen LogP) is 4.06. The van der Waals surface area contributed by atoms with Crippen LogP contribution in [0.25, 0.3) is 5.76 Å². The van der Waals surface area contributed by atoms with Crippen molar-refractivity contribution in [3.8, 4) is 5.75 Å². The molecule has 1 heterocycles. The molecule has 5 nitrogen and oxygen atoms in total. The SMILES string of the molecule is CCCCN1C(=O)C(=O)C(=C(O)c2ccc(OC)cc2)C1c1cccc(F)c1. The van der Waals surface area contributed by atoms with Crippen molar-refractivity contribution in [1.29, 1.82) is 0 Å². The van der Waals surface area contributed by atoms with Gasteiger partial charge in [-0.3, -0.25) is 9.59 Å². The second kappa shape index (κ2) is 8.25. The topological polar surface area (TPSA) is 66.8 Å². The molecule has 2 aromatic rings. The van der Waals surface area contributed by atoms with Gasteiger partial charge in [0.1, 0.15) is 17.3 Å². The van der Waals surface area contributed by atoms with Gasteiger partial charge in [0.25, 0.3) is 11.7 Å². The number of methoxy groups -OCH3 is 1. The number of benzene rings is 2. The number of ketones is 1. The first-order valence-electron chi connectivity index (χ1n) is 9.16. The summed E-state index contributed by atoms with van der Waals surface area (Å²) in [5.74, 6) is -1.60. The van der Waals surface area contributed by atoms with Crippen LogP contribution in [0.15, 0.2) is 54.1 Å². The van der Waals surface area contributed by atoms with Crippen LogP contribution in [0.1, 0.15) is 36.9 Å². The van der Waals surface area contributed by atoms with E-state index in [2.05, 4.69) is 0 Å². The lowest BCUT2D eigenvalue weighted by Gasteiger charge is -2.25. The molecule has 0 radical (unpaired) electrons. The first-order chi connectivity index (χ1) is 13.5. The summed E-state index contributed by atoms with van der Waals surface area (Å²) in [6.45, 7) is 2.33. The molecule has 3 rings (SSSR count). The van der Waals surface area contributed by atoms with Crippen LogP contribution >= 0.6 is 0 Å². The first kappa shape index (κ1) is 19.6. The van der Waals surface area contributed by atoms with Gasteiger partial charge >= 0.3 is 0 Å². The fourth-order valence-corrected chi connectivity index (χ4v) is 3.37. The molecule has 2 aromatic carbocycles. The molecule has 0 aliphatic carbocycles. The number of carbonyl (C=O) groups is 2. The standard InChI is InChI=1S/C22H22FNO4/c1-3-4-12-24-19(15-6-5-7-16(23)13-15)18(21(26)22(24)27)20(25)14-8-10-17(28-2)11-9-14/h5-11,13,19,25H,3-4,12H2,1-2H3. The maximum atomic E-state index is 13.8. The van der Waals surface area contributed by atoms with Crippen molar-refractivity contribution in [3.05, 3.63) is 71.0 Å². The fourth-order valence-electron chi connectivity index (χ4n) is 3.37. The number of Topliss-reactive ketones (excluding diaryl/α,β-unsaturated/α-hetero) is 1. The largest absolute Gasteiger partial charge is 0.507 e. The molecule has 1 saturated heterocycles. The van der Waals surface area contributed by atoms with Crippen molar-refractivity contribution in [3.63, 3.8) is 0 Å². The molecule has 0 aromatic heterocycles. The molecule has 6 heteroatoms. The van der Waals surface area contributed by atoms with Crippen molar-refractivity contribution in [2.45, 2.75) is 25.8 Å². The summed E-state index contributed by atoms with van der Waals surface area (Å²) < 4.78 is 19.0. The van der Waals surface area contributed by atoms with E-state index in [0.29, 0.717) is 29.8 Å². The van der Waals surface area contributed by atoms with Gasteiger partial charge < -0.3 is 14.7 Å². The molecular weight excluding hydrogens is 361 g/mol. The number of amides is 1. The molecule has 1 unspecified atom stereocenters. The number of likely N-dealkylation sites (tertiary alicyclic amines) is 1. The normalized spacial score (nSPS) is 18.5. The first-order valence-corrected chi connectivity index (χ1v) is 9.16. The Balaban J connectivity index is 2.14. The third-order valence-electron chi connectivity index (χ3n) is 4.82. The van der Waals surface area contributed by atoms with Gasteiger partial charge in [-0.05, 0) is 48.4 Å². The third kappa shape index (κ3) is 3.63. The maximum absolute atomic E-state index is 13.8. The monoisotopic (exact) mass is 383 g/mol. The van der Waals surface area contributed by atoms with Gasteiger partial charge in [-0.2, -0.15) is 0 Å². The molecular formula is C22H22FNO4. The van der Waals surface area contributed by atoms with Crippen molar-refractivity contribution in [1.82, 2.24) is 4.90 Å². The van der Waals surface area contributed by atoms with Gasteiger partial charge in [0, 0.05) is 12.1 Å². The Morgan fingerprint density at radius 3 is 2.50 bits per heavy atom. The Morgan fingerprint density at radius 1 is 1.18 bits per heavy atom. The lowest BCUT2D eigenvalue weighted by Crippen LogP contribution is -2.30. The number of halogens is 1. The minimum atomic E-state index is -0.829. The van der Waals surface area contributed by atoms with Gasteiger partial charge in [0.05, 0.1) is 18.7 Å². The highest BCUT2D eigenvalue weighted by atomic mass is 19.1. The quantitative estimate of drug-likeness (QED) is 0.464. The van der Waals surface area contributed by atoms with Gasteiger partial charge in [-0.25, -0.2) is 4.39 Å². The average Bonchev–Trinajstić information content (AvgIpc) is 2.96. The smallest absolute Gasteiger partial charge is 0.295 e. The molecule has 0 spiro atoms. The molecule has 1 atom stereocenters. The number of rotatable bonds is 6. The fraction of sp³-hybridized carbons (Fsp3) is 0.273. The molecule has 1 aliphatic rings. The molecule has 28 heavy (non-hydrogen) atoms. The summed E-state index contributed by atoms with van der Waals surface area (Å²) in [6, 6.07) is 11.5. The van der Waals surface area contributed by atoms with Gasteiger partial charge in [-0.1, -0.05) is 25.5 Å². The average molecular weight is 383 g/mol. The van der Waals surface area contributed by atoms with Crippen LogP contribution in [-0.4, -0.2) is 35.4 Å². The minimum Gasteiger partial charge on any atom is -0.507 e. The minimum absolute atomic E-state index is 0.0307. The van der Waals surface area contributed by atoms with Gasteiger partial charge in [-0.15, -0.1) is 0 Å². The zero-order valence-electron chi connectivity index (χ0n) is 15.8. The van der Waals surface area contributed by atoms with Crippen LogP contribution in [0.5, 0.6) is 5.75 Å². The lowest BCUT2D eigenvalue weighted by atomic mass is 9.95. The third-order valence-corrected chi connectivity index (χ3v) is 4.82. The van der Waals surface area contributed by atoms with E-state index in [4.69, 9.17) is 4.74 Å². The predicted molar refractivity (Wildman–Crippen MR) is 103 cm³/mol. The number of aliphatic hydroxyl groups excluding tert-OH is 1. The van der Waals surface area contributed by atoms with Gasteiger partial charge in [0.2, 0.25) is 0 Å². The zero-order chi connectivity index (χ0) is 20.3. The number of aliphatic hydroxyl groups is 1. The number of ether oxygens (including phenoxy) is 1. The van der Waals surface area contributed by atoms with E-state index in [9.17, 15) is 19.1 Å². The highest BCUT2D eigenvalue weighted by molar-refractivity contribution is 6.46. The molecule has 0 saturated carbocycles. The van der Waals surface area contributed by atoms with E-state index in [1.54, 1.807) is 30.3 Å². The lowest BCUT2D eigenvalue weighted by molar-refractivity contribution is -0.139. The molecule has 1 N–H and O–H groups in total. The second-order valence-electron chi connectivity index (χ2n) is 6.63. The highest BCUT2D eigenvalue weighted by Gasteiger charge is 2.45. The van der Waals surface area contributed by atoms with E-state index >= 15 is 0 Å². The molecule has 0 bridgehead atoms. The summed E-state index contributed by atoms with van der Waals surface area (Å²) in [5.41, 5.74) is 0.804. The van der Waals surface area contributed by atoms with Crippen molar-refractivity contribution in [2.24, 2.45) is 0 Å². The highest BCUT2D eigenvalue weighted by Crippen LogP contribution is 2.39. The Labute approximate surface area is 163 Å². The van der Waals surface area contributed by atoms with Crippen molar-refractivity contribution >= 4 is 17.4 Å². The molecule has 146 valence electrons. The molecule has 1 amide bonds. The Hall–Kier alpha value is -3.15. The number of carbonyl (C=O) groups excluding carboxylic acids is 2. The van der Waals surface area contributed by atoms with Crippen LogP contribution in [0.2, 0.25) is 0 Å². The molecule has 1 fully saturated rings. The van der Waals surface area contributed by atoms with E-state index in [-0.39, 0.29) is 11.3 Å². The van der Waals surface area contributed by atoms with E-state index in [1.165, 1.54) is 30.2 Å². The van der Waals surface area contributed by atoms with Crippen LogP contribution in [0.3, 0.4) is 0 Å². The summed E-state index contributed by atoms with van der Waals surface area (Å²) >= 11 is 0. The van der Waals surface area contributed by atoms with Crippen LogP contribution in [0, 0.1) is 5.82 Å². The Morgan fingerprint density at radius 2 is 1.89 bits per heavy atom. The van der Waals surface area contributed by atoms with Crippen LogP contribution in [-0.2, 0) is 9.59 Å². The van der Waals surface area contributed by atoms with Crippen molar-refractivity contribution < 1.29 is 23.8 Å². The Kier molecular flexibility index (Phi) is 5.78. The number of hydrogen-bond donors (Lipinski definition) is 1. The molecule has 1 aliphatic heterocycles. The van der Waals surface area contributed by atoms with Gasteiger partial charge in [0.15, 0.2) is 0 Å².